The average Bonchev–Trinajstić information content (AvgIpc) is 2.98. The second-order valence-corrected chi connectivity index (χ2v) is 5.23. The SMILES string of the molecule is CN(Cc1ccc(Cl)o1)Cc1n[nH]c2c1CCC2. The van der Waals surface area contributed by atoms with E-state index in [0.717, 1.165) is 31.7 Å². The first-order valence-corrected chi connectivity index (χ1v) is 6.58. The van der Waals surface area contributed by atoms with Gasteiger partial charge in [0.15, 0.2) is 5.22 Å². The highest BCUT2D eigenvalue weighted by Crippen LogP contribution is 2.24. The van der Waals surface area contributed by atoms with E-state index in [2.05, 4.69) is 22.1 Å². The van der Waals surface area contributed by atoms with Gasteiger partial charge >= 0.3 is 0 Å². The molecule has 4 nitrogen and oxygen atoms in total. The number of aryl methyl sites for hydroxylation is 1. The van der Waals surface area contributed by atoms with Crippen molar-refractivity contribution >= 4 is 11.6 Å². The second kappa shape index (κ2) is 4.78. The van der Waals surface area contributed by atoms with E-state index in [-0.39, 0.29) is 0 Å². The highest BCUT2D eigenvalue weighted by molar-refractivity contribution is 6.28. The fourth-order valence-corrected chi connectivity index (χ4v) is 2.70. The van der Waals surface area contributed by atoms with Gasteiger partial charge in [-0.05, 0) is 55.6 Å². The van der Waals surface area contributed by atoms with Crippen molar-refractivity contribution in [3.05, 3.63) is 40.1 Å². The molecule has 0 aliphatic heterocycles. The Morgan fingerprint density at radius 1 is 1.39 bits per heavy atom. The summed E-state index contributed by atoms with van der Waals surface area (Å²) in [5.74, 6) is 0.884. The maximum absolute atomic E-state index is 5.76. The first kappa shape index (κ1) is 11.8. The van der Waals surface area contributed by atoms with Crippen LogP contribution in [0.1, 0.15) is 29.1 Å². The van der Waals surface area contributed by atoms with E-state index in [1.807, 2.05) is 6.07 Å². The number of aromatic nitrogens is 2. The van der Waals surface area contributed by atoms with Gasteiger partial charge in [-0.15, -0.1) is 0 Å². The summed E-state index contributed by atoms with van der Waals surface area (Å²) >= 11 is 5.76. The van der Waals surface area contributed by atoms with Crippen molar-refractivity contribution in [2.24, 2.45) is 0 Å². The molecule has 0 bridgehead atoms. The molecular formula is C13H16ClN3O. The van der Waals surface area contributed by atoms with Crippen molar-refractivity contribution in [2.75, 3.05) is 7.05 Å². The Kier molecular flexibility index (Phi) is 3.14. The van der Waals surface area contributed by atoms with Crippen LogP contribution in [0.15, 0.2) is 16.5 Å². The number of rotatable bonds is 4. The summed E-state index contributed by atoms with van der Waals surface area (Å²) in [4.78, 5) is 2.18. The molecule has 0 spiro atoms. The molecule has 2 heterocycles. The Bertz CT molecular complexity index is 546. The quantitative estimate of drug-likeness (QED) is 0.925. The molecule has 5 heteroatoms. The van der Waals surface area contributed by atoms with Crippen LogP contribution in [0.3, 0.4) is 0 Å². The van der Waals surface area contributed by atoms with Crippen molar-refractivity contribution in [3.63, 3.8) is 0 Å². The lowest BCUT2D eigenvalue weighted by Crippen LogP contribution is -2.17. The lowest BCUT2D eigenvalue weighted by Gasteiger charge is -2.14. The van der Waals surface area contributed by atoms with Gasteiger partial charge < -0.3 is 4.42 Å². The summed E-state index contributed by atoms with van der Waals surface area (Å²) in [6.07, 6.45) is 3.54. The van der Waals surface area contributed by atoms with Crippen LogP contribution in [-0.2, 0) is 25.9 Å². The minimum Gasteiger partial charge on any atom is -0.448 e. The zero-order chi connectivity index (χ0) is 12.5. The summed E-state index contributed by atoms with van der Waals surface area (Å²) in [6, 6.07) is 3.69. The zero-order valence-corrected chi connectivity index (χ0v) is 11.1. The van der Waals surface area contributed by atoms with Crippen LogP contribution in [0, 0.1) is 0 Å². The van der Waals surface area contributed by atoms with Crippen LogP contribution < -0.4 is 0 Å². The largest absolute Gasteiger partial charge is 0.448 e. The maximum Gasteiger partial charge on any atom is 0.193 e. The monoisotopic (exact) mass is 265 g/mol. The Morgan fingerprint density at radius 3 is 3.06 bits per heavy atom. The third-order valence-electron chi connectivity index (χ3n) is 3.37. The zero-order valence-electron chi connectivity index (χ0n) is 10.4. The normalized spacial score (nSPS) is 14.4. The second-order valence-electron chi connectivity index (χ2n) is 4.86. The number of aromatic amines is 1. The molecule has 2 aromatic rings. The van der Waals surface area contributed by atoms with Crippen molar-refractivity contribution < 1.29 is 4.42 Å². The molecule has 3 rings (SSSR count). The Hall–Kier alpha value is -1.26. The molecule has 0 radical (unpaired) electrons. The molecular weight excluding hydrogens is 250 g/mol. The van der Waals surface area contributed by atoms with Gasteiger partial charge in [0.2, 0.25) is 0 Å². The van der Waals surface area contributed by atoms with Gasteiger partial charge in [-0.2, -0.15) is 5.10 Å². The van der Waals surface area contributed by atoms with Crippen LogP contribution in [-0.4, -0.2) is 22.1 Å². The molecule has 1 aliphatic carbocycles. The van der Waals surface area contributed by atoms with Crippen molar-refractivity contribution in [2.45, 2.75) is 32.4 Å². The lowest BCUT2D eigenvalue weighted by molar-refractivity contribution is 0.284. The van der Waals surface area contributed by atoms with E-state index in [4.69, 9.17) is 16.0 Å². The molecule has 0 saturated carbocycles. The molecule has 1 aliphatic rings. The molecule has 0 fully saturated rings. The van der Waals surface area contributed by atoms with Crippen LogP contribution in [0.25, 0.3) is 0 Å². The smallest absolute Gasteiger partial charge is 0.193 e. The Labute approximate surface area is 111 Å². The van der Waals surface area contributed by atoms with Gasteiger partial charge in [-0.25, -0.2) is 0 Å². The molecule has 0 atom stereocenters. The molecule has 0 amide bonds. The number of nitrogens with zero attached hydrogens (tertiary/aromatic N) is 2. The van der Waals surface area contributed by atoms with Crippen molar-refractivity contribution in [3.8, 4) is 0 Å². The summed E-state index contributed by atoms with van der Waals surface area (Å²) in [7, 11) is 2.06. The highest BCUT2D eigenvalue weighted by Gasteiger charge is 2.19. The van der Waals surface area contributed by atoms with Crippen LogP contribution >= 0.6 is 11.6 Å². The topological polar surface area (TPSA) is 45.1 Å². The van der Waals surface area contributed by atoms with E-state index < -0.39 is 0 Å². The summed E-state index contributed by atoms with van der Waals surface area (Å²) in [6.45, 7) is 1.58. The van der Waals surface area contributed by atoms with Gasteiger partial charge in [0.05, 0.1) is 12.2 Å². The predicted molar refractivity (Wildman–Crippen MR) is 69.5 cm³/mol. The van der Waals surface area contributed by atoms with Gasteiger partial charge in [-0.3, -0.25) is 10.00 Å². The molecule has 1 N–H and O–H groups in total. The fourth-order valence-electron chi connectivity index (χ4n) is 2.53. The number of hydrogen-bond acceptors (Lipinski definition) is 3. The maximum atomic E-state index is 5.76. The van der Waals surface area contributed by atoms with E-state index in [0.29, 0.717) is 5.22 Å². The van der Waals surface area contributed by atoms with E-state index in [9.17, 15) is 0 Å². The van der Waals surface area contributed by atoms with Crippen LogP contribution in [0.4, 0.5) is 0 Å². The van der Waals surface area contributed by atoms with Crippen LogP contribution in [0.2, 0.25) is 5.22 Å². The van der Waals surface area contributed by atoms with Gasteiger partial charge in [0, 0.05) is 12.2 Å². The predicted octanol–water partition coefficient (Wildman–Crippen LogP) is 2.78. The average molecular weight is 266 g/mol. The Morgan fingerprint density at radius 2 is 2.28 bits per heavy atom. The van der Waals surface area contributed by atoms with Gasteiger partial charge in [0.1, 0.15) is 5.76 Å². The van der Waals surface area contributed by atoms with Gasteiger partial charge in [-0.1, -0.05) is 0 Å². The van der Waals surface area contributed by atoms with Crippen LogP contribution in [0.5, 0.6) is 0 Å². The third kappa shape index (κ3) is 2.31. The standard InChI is InChI=1S/C13H16ClN3O/c1-17(7-9-5-6-13(14)18-9)8-12-10-3-2-4-11(10)15-16-12/h5-6H,2-4,7-8H2,1H3,(H,15,16). The molecule has 0 aromatic carbocycles. The fraction of sp³-hybridized carbons (Fsp3) is 0.462. The summed E-state index contributed by atoms with van der Waals surface area (Å²) in [5.41, 5.74) is 3.90. The molecule has 2 aromatic heterocycles. The van der Waals surface area contributed by atoms with Crippen molar-refractivity contribution in [1.29, 1.82) is 0 Å². The van der Waals surface area contributed by atoms with Crippen molar-refractivity contribution in [1.82, 2.24) is 15.1 Å². The lowest BCUT2D eigenvalue weighted by atomic mass is 10.2. The minimum absolute atomic E-state index is 0.444. The molecule has 0 saturated heterocycles. The molecule has 0 unspecified atom stereocenters. The number of hydrogen-bond donors (Lipinski definition) is 1. The van der Waals surface area contributed by atoms with E-state index in [1.54, 1.807) is 6.07 Å². The number of halogens is 1. The minimum atomic E-state index is 0.444. The highest BCUT2D eigenvalue weighted by atomic mass is 35.5. The summed E-state index contributed by atoms with van der Waals surface area (Å²) < 4.78 is 5.36. The first-order valence-electron chi connectivity index (χ1n) is 6.20. The molecule has 96 valence electrons. The Balaban J connectivity index is 1.65. The first-order chi connectivity index (χ1) is 8.72. The number of fused-ring (bicyclic) bond motifs is 1. The molecule has 18 heavy (non-hydrogen) atoms. The van der Waals surface area contributed by atoms with E-state index in [1.165, 1.54) is 23.4 Å². The van der Waals surface area contributed by atoms with Gasteiger partial charge in [0.25, 0.3) is 0 Å². The summed E-state index contributed by atoms with van der Waals surface area (Å²) in [5, 5.41) is 7.98. The van der Waals surface area contributed by atoms with E-state index >= 15 is 0 Å². The third-order valence-corrected chi connectivity index (χ3v) is 3.57. The number of H-pyrrole nitrogens is 1. The number of furan rings is 1. The number of nitrogens with one attached hydrogen (secondary N) is 1.